The lowest BCUT2D eigenvalue weighted by Crippen LogP contribution is -2.49. The second-order valence-electron chi connectivity index (χ2n) is 4.41. The third kappa shape index (κ3) is 3.07. The van der Waals surface area contributed by atoms with Gasteiger partial charge in [-0.05, 0) is 12.1 Å². The van der Waals surface area contributed by atoms with E-state index in [1.165, 1.54) is 0 Å². The molecule has 1 fully saturated rings. The number of hydrogen-bond donors (Lipinski definition) is 1. The fraction of sp³-hybridized carbons (Fsp3) is 0.500. The normalized spacial score (nSPS) is 19.9. The molecule has 2 N–H and O–H groups in total. The van der Waals surface area contributed by atoms with E-state index in [0.29, 0.717) is 23.7 Å². The summed E-state index contributed by atoms with van der Waals surface area (Å²) in [6.45, 7) is 2.29. The van der Waals surface area contributed by atoms with Crippen LogP contribution in [0.2, 0.25) is 0 Å². The fourth-order valence-electron chi connectivity index (χ4n) is 2.13. The maximum atomic E-state index is 12.3. The summed E-state index contributed by atoms with van der Waals surface area (Å²) < 4.78 is 24.5. The van der Waals surface area contributed by atoms with Gasteiger partial charge in [-0.2, -0.15) is 11.8 Å². The van der Waals surface area contributed by atoms with E-state index >= 15 is 0 Å². The number of thiocarbonyl (C=S) groups is 1. The molecule has 1 aromatic heterocycles. The minimum atomic E-state index is -3.18. The van der Waals surface area contributed by atoms with Gasteiger partial charge in [-0.15, -0.1) is 0 Å². The van der Waals surface area contributed by atoms with Gasteiger partial charge in [0.15, 0.2) is 9.84 Å². The highest BCUT2D eigenvalue weighted by molar-refractivity contribution is 8.01. The van der Waals surface area contributed by atoms with Crippen molar-refractivity contribution in [2.24, 2.45) is 5.73 Å². The maximum absolute atomic E-state index is 12.3. The predicted octanol–water partition coefficient (Wildman–Crippen LogP) is 1.03. The summed E-state index contributed by atoms with van der Waals surface area (Å²) in [6.07, 6.45) is 1.63. The van der Waals surface area contributed by atoms with Crippen LogP contribution in [0.4, 0.5) is 5.82 Å². The van der Waals surface area contributed by atoms with Gasteiger partial charge in [0, 0.05) is 30.0 Å². The van der Waals surface area contributed by atoms with Crippen molar-refractivity contribution in [3.8, 4) is 0 Å². The highest BCUT2D eigenvalue weighted by atomic mass is 32.2. The topological polar surface area (TPSA) is 76.3 Å². The van der Waals surface area contributed by atoms with E-state index in [0.717, 1.165) is 5.75 Å². The average Bonchev–Trinajstić information content (AvgIpc) is 2.47. The summed E-state index contributed by atoms with van der Waals surface area (Å²) in [5.74, 6) is 2.10. The molecule has 5 nitrogen and oxygen atoms in total. The Bertz CT molecular complexity index is 604. The number of sulfone groups is 1. The molecule has 0 aliphatic carbocycles. The molecule has 1 aliphatic rings. The SMILES string of the molecule is CCS(=O)(=O)C1CSCCN1c1ncccc1C(N)=S. The Kier molecular flexibility index (Phi) is 4.87. The summed E-state index contributed by atoms with van der Waals surface area (Å²) in [5.41, 5.74) is 6.35. The number of hydrogen-bond acceptors (Lipinski definition) is 6. The zero-order chi connectivity index (χ0) is 14.8. The molecule has 2 rings (SSSR count). The summed E-state index contributed by atoms with van der Waals surface area (Å²) in [5, 5.41) is -0.561. The van der Waals surface area contributed by atoms with Gasteiger partial charge < -0.3 is 10.6 Å². The number of thioether (sulfide) groups is 1. The first-order valence-corrected chi connectivity index (χ1v) is 9.56. The van der Waals surface area contributed by atoms with Crippen LogP contribution in [-0.4, -0.2) is 47.6 Å². The monoisotopic (exact) mass is 331 g/mol. The minimum Gasteiger partial charge on any atom is -0.389 e. The molecular weight excluding hydrogens is 314 g/mol. The number of pyridine rings is 1. The third-order valence-corrected chi connectivity index (χ3v) is 6.73. The first kappa shape index (κ1) is 15.5. The lowest BCUT2D eigenvalue weighted by Gasteiger charge is -2.36. The van der Waals surface area contributed by atoms with Crippen LogP contribution < -0.4 is 10.6 Å². The molecule has 0 bridgehead atoms. The van der Waals surface area contributed by atoms with Crippen LogP contribution in [0.1, 0.15) is 12.5 Å². The van der Waals surface area contributed by atoms with Crippen molar-refractivity contribution in [1.82, 2.24) is 4.98 Å². The van der Waals surface area contributed by atoms with E-state index in [1.54, 1.807) is 37.0 Å². The summed E-state index contributed by atoms with van der Waals surface area (Å²) in [7, 11) is -3.18. The molecule has 0 radical (unpaired) electrons. The van der Waals surface area contributed by atoms with Crippen molar-refractivity contribution >= 4 is 44.6 Å². The van der Waals surface area contributed by atoms with Crippen LogP contribution in [0.25, 0.3) is 0 Å². The number of nitrogens with two attached hydrogens (primary N) is 1. The molecule has 0 saturated carbocycles. The van der Waals surface area contributed by atoms with Crippen LogP contribution in [0.15, 0.2) is 18.3 Å². The highest BCUT2D eigenvalue weighted by Gasteiger charge is 2.34. The molecule has 8 heteroatoms. The van der Waals surface area contributed by atoms with Gasteiger partial charge in [0.2, 0.25) is 0 Å². The molecule has 0 aromatic carbocycles. The molecule has 1 unspecified atom stereocenters. The van der Waals surface area contributed by atoms with Gasteiger partial charge in [-0.3, -0.25) is 0 Å². The summed E-state index contributed by atoms with van der Waals surface area (Å²) >= 11 is 6.68. The second kappa shape index (κ2) is 6.28. The van der Waals surface area contributed by atoms with Crippen LogP contribution >= 0.6 is 24.0 Å². The number of aromatic nitrogens is 1. The molecule has 1 saturated heterocycles. The number of rotatable bonds is 4. The minimum absolute atomic E-state index is 0.115. The van der Waals surface area contributed by atoms with E-state index in [2.05, 4.69) is 4.98 Å². The molecule has 1 aromatic rings. The molecule has 0 amide bonds. The Morgan fingerprint density at radius 2 is 2.40 bits per heavy atom. The van der Waals surface area contributed by atoms with Crippen LogP contribution in [0.5, 0.6) is 0 Å². The molecule has 20 heavy (non-hydrogen) atoms. The lowest BCUT2D eigenvalue weighted by molar-refractivity contribution is 0.579. The average molecular weight is 331 g/mol. The smallest absolute Gasteiger partial charge is 0.171 e. The number of nitrogens with zero attached hydrogens (tertiary/aromatic N) is 2. The first-order valence-electron chi connectivity index (χ1n) is 6.28. The molecule has 110 valence electrons. The number of anilines is 1. The Hall–Kier alpha value is -0.860. The van der Waals surface area contributed by atoms with Gasteiger partial charge in [-0.25, -0.2) is 13.4 Å². The Balaban J connectivity index is 2.46. The van der Waals surface area contributed by atoms with Crippen molar-refractivity contribution in [2.45, 2.75) is 12.3 Å². The largest absolute Gasteiger partial charge is 0.389 e. The molecule has 1 atom stereocenters. The van der Waals surface area contributed by atoms with Crippen LogP contribution in [-0.2, 0) is 9.84 Å². The quantitative estimate of drug-likeness (QED) is 0.826. The third-order valence-electron chi connectivity index (χ3n) is 3.23. The Morgan fingerprint density at radius 1 is 1.65 bits per heavy atom. The highest BCUT2D eigenvalue weighted by Crippen LogP contribution is 2.28. The van der Waals surface area contributed by atoms with Gasteiger partial charge in [0.25, 0.3) is 0 Å². The van der Waals surface area contributed by atoms with Gasteiger partial charge >= 0.3 is 0 Å². The maximum Gasteiger partial charge on any atom is 0.171 e. The van der Waals surface area contributed by atoms with Crippen molar-refractivity contribution in [2.75, 3.05) is 28.7 Å². The summed E-state index contributed by atoms with van der Waals surface area (Å²) in [6, 6.07) is 3.53. The zero-order valence-corrected chi connectivity index (χ0v) is 13.6. The Morgan fingerprint density at radius 3 is 3.05 bits per heavy atom. The van der Waals surface area contributed by atoms with Crippen molar-refractivity contribution in [1.29, 1.82) is 0 Å². The molecule has 0 spiro atoms. The van der Waals surface area contributed by atoms with Crippen LogP contribution in [0.3, 0.4) is 0 Å². The van der Waals surface area contributed by atoms with E-state index in [9.17, 15) is 8.42 Å². The van der Waals surface area contributed by atoms with Gasteiger partial charge in [-0.1, -0.05) is 19.1 Å². The molecule has 2 heterocycles. The standard InChI is InChI=1S/C12H17N3O2S3/c1-2-20(16,17)10-8-19-7-6-15(10)12-9(11(13)18)4-3-5-14-12/h3-5,10H,2,6-8H2,1H3,(H2,13,18). The van der Waals surface area contributed by atoms with Gasteiger partial charge in [0.05, 0.1) is 5.56 Å². The fourth-order valence-corrected chi connectivity index (χ4v) is 5.26. The van der Waals surface area contributed by atoms with Crippen molar-refractivity contribution < 1.29 is 8.42 Å². The van der Waals surface area contributed by atoms with Crippen molar-refractivity contribution in [3.05, 3.63) is 23.9 Å². The van der Waals surface area contributed by atoms with Crippen molar-refractivity contribution in [3.63, 3.8) is 0 Å². The zero-order valence-electron chi connectivity index (χ0n) is 11.2. The van der Waals surface area contributed by atoms with E-state index in [-0.39, 0.29) is 10.7 Å². The lowest BCUT2D eigenvalue weighted by atomic mass is 10.2. The molecular formula is C12H17N3O2S3. The van der Waals surface area contributed by atoms with Crippen LogP contribution in [0, 0.1) is 0 Å². The van der Waals surface area contributed by atoms with Gasteiger partial charge in [0.1, 0.15) is 16.2 Å². The Labute approximate surface area is 128 Å². The van der Waals surface area contributed by atoms with E-state index in [4.69, 9.17) is 18.0 Å². The molecule has 1 aliphatic heterocycles. The summed E-state index contributed by atoms with van der Waals surface area (Å²) in [4.78, 5) is 6.36. The second-order valence-corrected chi connectivity index (χ2v) is 8.45. The predicted molar refractivity (Wildman–Crippen MR) is 88.0 cm³/mol. The van der Waals surface area contributed by atoms with E-state index < -0.39 is 15.2 Å². The van der Waals surface area contributed by atoms with E-state index in [1.807, 2.05) is 4.90 Å². The first-order chi connectivity index (χ1) is 9.47.